The van der Waals surface area contributed by atoms with Crippen LogP contribution in [0.3, 0.4) is 0 Å². The summed E-state index contributed by atoms with van der Waals surface area (Å²) < 4.78 is 11.6. The molecule has 0 radical (unpaired) electrons. The second-order valence-electron chi connectivity index (χ2n) is 6.01. The molecule has 0 aromatic carbocycles. The van der Waals surface area contributed by atoms with Gasteiger partial charge in [-0.15, -0.1) is 0 Å². The molecule has 2 N–H and O–H groups in total. The highest BCUT2D eigenvalue weighted by Gasteiger charge is 2.53. The van der Waals surface area contributed by atoms with Gasteiger partial charge in [-0.3, -0.25) is 0 Å². The van der Waals surface area contributed by atoms with Crippen molar-refractivity contribution in [3.05, 3.63) is 71.7 Å². The average Bonchev–Trinajstić information content (AvgIpc) is 2.79. The van der Waals surface area contributed by atoms with E-state index in [4.69, 9.17) is 9.47 Å². The zero-order valence-corrected chi connectivity index (χ0v) is 12.8. The zero-order chi connectivity index (χ0) is 16.0. The lowest BCUT2D eigenvalue weighted by Gasteiger charge is -2.30. The monoisotopic (exact) mass is 313 g/mol. The highest BCUT2D eigenvalue weighted by Crippen LogP contribution is 2.58. The van der Waals surface area contributed by atoms with Crippen LogP contribution < -0.4 is 0 Å². The normalized spacial score (nSPS) is 33.6. The van der Waals surface area contributed by atoms with Gasteiger partial charge in [0.25, 0.3) is 0 Å². The maximum absolute atomic E-state index is 9.93. The summed E-state index contributed by atoms with van der Waals surface area (Å²) >= 11 is 0. The number of aliphatic hydroxyl groups excluding tert-OH is 2. The maximum Gasteiger partial charge on any atom is 0.190 e. The Morgan fingerprint density at radius 3 is 3.09 bits per heavy atom. The van der Waals surface area contributed by atoms with Gasteiger partial charge in [-0.25, -0.2) is 0 Å². The molecule has 1 saturated heterocycles. The molecule has 0 saturated carbocycles. The first-order chi connectivity index (χ1) is 11.2. The molecule has 0 amide bonds. The quantitative estimate of drug-likeness (QED) is 0.775. The lowest BCUT2D eigenvalue weighted by molar-refractivity contribution is 0.160. The molecule has 3 atom stereocenters. The van der Waals surface area contributed by atoms with Crippen LogP contribution in [-0.4, -0.2) is 41.5 Å². The molecule has 4 rings (SSSR count). The third-order valence-electron chi connectivity index (χ3n) is 4.69. The van der Waals surface area contributed by atoms with Crippen LogP contribution in [0.1, 0.15) is 0 Å². The van der Waals surface area contributed by atoms with Gasteiger partial charge in [0.2, 0.25) is 0 Å². The summed E-state index contributed by atoms with van der Waals surface area (Å²) in [5, 5.41) is 19.3. The van der Waals surface area contributed by atoms with Gasteiger partial charge < -0.3 is 24.6 Å². The van der Waals surface area contributed by atoms with E-state index >= 15 is 0 Å². The van der Waals surface area contributed by atoms with E-state index in [1.165, 1.54) is 0 Å². The third-order valence-corrected chi connectivity index (χ3v) is 4.69. The number of ether oxygens (including phenoxy) is 2. The second kappa shape index (κ2) is 5.15. The van der Waals surface area contributed by atoms with Crippen LogP contribution >= 0.6 is 0 Å². The van der Waals surface area contributed by atoms with Gasteiger partial charge in [0.05, 0.1) is 31.2 Å². The van der Waals surface area contributed by atoms with Crippen LogP contribution in [0.4, 0.5) is 0 Å². The van der Waals surface area contributed by atoms with Crippen molar-refractivity contribution in [2.75, 3.05) is 20.3 Å². The van der Waals surface area contributed by atoms with E-state index in [1.807, 2.05) is 35.4 Å². The number of rotatable bonds is 3. The van der Waals surface area contributed by atoms with Crippen LogP contribution in [-0.2, 0) is 9.47 Å². The van der Waals surface area contributed by atoms with E-state index < -0.39 is 11.5 Å². The van der Waals surface area contributed by atoms with E-state index in [1.54, 1.807) is 19.3 Å². The van der Waals surface area contributed by atoms with Crippen LogP contribution in [0.15, 0.2) is 71.7 Å². The zero-order valence-electron chi connectivity index (χ0n) is 12.8. The Balaban J connectivity index is 1.93. The lowest BCUT2D eigenvalue weighted by Crippen LogP contribution is -2.28. The third kappa shape index (κ3) is 2.00. The van der Waals surface area contributed by atoms with Crippen LogP contribution in [0.2, 0.25) is 0 Å². The maximum atomic E-state index is 9.93. The van der Waals surface area contributed by atoms with Crippen molar-refractivity contribution in [3.8, 4) is 0 Å². The van der Waals surface area contributed by atoms with Crippen LogP contribution in [0, 0.1) is 11.3 Å². The summed E-state index contributed by atoms with van der Waals surface area (Å²) in [6.45, 7) is 0.480. The fourth-order valence-corrected chi connectivity index (χ4v) is 3.71. The average molecular weight is 313 g/mol. The summed E-state index contributed by atoms with van der Waals surface area (Å²) in [4.78, 5) is 1.91. The van der Waals surface area contributed by atoms with Gasteiger partial charge in [0.15, 0.2) is 5.88 Å². The molecule has 3 unspecified atom stereocenters. The highest BCUT2D eigenvalue weighted by atomic mass is 16.5. The Kier molecular flexibility index (Phi) is 3.21. The van der Waals surface area contributed by atoms with Crippen molar-refractivity contribution in [2.24, 2.45) is 11.3 Å². The van der Waals surface area contributed by atoms with Gasteiger partial charge in [0, 0.05) is 12.7 Å². The molecule has 120 valence electrons. The Labute approximate surface area is 134 Å². The Bertz CT molecular complexity index is 713. The largest absolute Gasteiger partial charge is 0.482 e. The molecule has 2 heterocycles. The molecule has 23 heavy (non-hydrogen) atoms. The Morgan fingerprint density at radius 1 is 1.43 bits per heavy atom. The molecule has 1 spiro atoms. The van der Waals surface area contributed by atoms with Gasteiger partial charge in [0.1, 0.15) is 11.5 Å². The molecule has 5 heteroatoms. The first-order valence-electron chi connectivity index (χ1n) is 7.70. The van der Waals surface area contributed by atoms with E-state index in [-0.39, 0.29) is 12.5 Å². The van der Waals surface area contributed by atoms with Gasteiger partial charge >= 0.3 is 0 Å². The number of methoxy groups -OCH3 is 1. The summed E-state index contributed by atoms with van der Waals surface area (Å²) in [6.07, 6.45) is 14.9. The molecule has 4 aliphatic rings. The van der Waals surface area contributed by atoms with Crippen LogP contribution in [0.25, 0.3) is 0 Å². The molecular formula is C18H19NO4. The number of hydrogen-bond donors (Lipinski definition) is 2. The van der Waals surface area contributed by atoms with Crippen molar-refractivity contribution < 1.29 is 19.7 Å². The molecular weight excluding hydrogens is 294 g/mol. The van der Waals surface area contributed by atoms with Crippen molar-refractivity contribution in [1.29, 1.82) is 0 Å². The molecule has 0 bridgehead atoms. The van der Waals surface area contributed by atoms with Crippen LogP contribution in [0.5, 0.6) is 0 Å². The van der Waals surface area contributed by atoms with Crippen molar-refractivity contribution in [2.45, 2.75) is 6.10 Å². The first-order valence-corrected chi connectivity index (χ1v) is 7.70. The Morgan fingerprint density at radius 2 is 2.30 bits per heavy atom. The van der Waals surface area contributed by atoms with Gasteiger partial charge in [-0.2, -0.15) is 0 Å². The number of allylic oxidation sites excluding steroid dienone is 5. The van der Waals surface area contributed by atoms with E-state index in [2.05, 4.69) is 6.08 Å². The number of hydrogen-bond acceptors (Lipinski definition) is 5. The number of aliphatic hydroxyl groups is 2. The van der Waals surface area contributed by atoms with Gasteiger partial charge in [-0.1, -0.05) is 24.3 Å². The molecule has 0 aromatic rings. The molecule has 0 aromatic heterocycles. The number of β-amino-alcohol motifs (C(OH)–C–C–N with tert-alkyl or cyclic N) is 1. The van der Waals surface area contributed by atoms with Gasteiger partial charge in [-0.05, 0) is 23.8 Å². The molecule has 2 aliphatic heterocycles. The second-order valence-corrected chi connectivity index (χ2v) is 6.01. The number of nitrogens with zero attached hydrogens (tertiary/aromatic N) is 1. The topological polar surface area (TPSA) is 62.2 Å². The minimum absolute atomic E-state index is 0.0105. The predicted molar refractivity (Wildman–Crippen MR) is 84.4 cm³/mol. The molecule has 5 nitrogen and oxygen atoms in total. The minimum atomic E-state index is -0.645. The summed E-state index contributed by atoms with van der Waals surface area (Å²) in [5.41, 5.74) is 0.584. The first kappa shape index (κ1) is 14.4. The van der Waals surface area contributed by atoms with E-state index in [0.717, 1.165) is 17.1 Å². The SMILES string of the molecule is COC1=CC23C=CC(O)C=C2OC2=CC=CC(=CN1CCO)C23. The molecule has 2 aliphatic carbocycles. The van der Waals surface area contributed by atoms with Crippen molar-refractivity contribution in [3.63, 3.8) is 0 Å². The van der Waals surface area contributed by atoms with Crippen molar-refractivity contribution >= 4 is 0 Å². The standard InChI is InChI=1S/C18H19NO4/c1-22-16-10-18-6-5-13(21)9-15(18)23-14-4-2-3-12(17(14)18)11-19(16)7-8-20/h2-6,9-11,13,17,20-21H,7-8H2,1H3. The summed E-state index contributed by atoms with van der Waals surface area (Å²) in [6, 6.07) is 0. The van der Waals surface area contributed by atoms with E-state index in [9.17, 15) is 10.2 Å². The summed E-state index contributed by atoms with van der Waals surface area (Å²) in [5.74, 6) is 2.25. The summed E-state index contributed by atoms with van der Waals surface area (Å²) in [7, 11) is 1.62. The van der Waals surface area contributed by atoms with Crippen molar-refractivity contribution in [1.82, 2.24) is 4.90 Å². The minimum Gasteiger partial charge on any atom is -0.482 e. The predicted octanol–water partition coefficient (Wildman–Crippen LogP) is 1.57. The van der Waals surface area contributed by atoms with E-state index in [0.29, 0.717) is 12.4 Å². The lowest BCUT2D eigenvalue weighted by atomic mass is 9.68. The molecule has 1 fully saturated rings. The highest BCUT2D eigenvalue weighted by molar-refractivity contribution is 5.52. The fourth-order valence-electron chi connectivity index (χ4n) is 3.71. The Hall–Kier alpha value is -2.24. The fraction of sp³-hybridized carbons (Fsp3) is 0.333. The smallest absolute Gasteiger partial charge is 0.190 e.